The van der Waals surface area contributed by atoms with Gasteiger partial charge in [0.15, 0.2) is 0 Å². The number of halogens is 3. The number of alkyl halides is 3. The van der Waals surface area contributed by atoms with Gasteiger partial charge in [-0.25, -0.2) is 4.79 Å². The van der Waals surface area contributed by atoms with E-state index in [4.69, 9.17) is 0 Å². The smallest absolute Gasteiger partial charge is 0.465 e. The van der Waals surface area contributed by atoms with Gasteiger partial charge in [-0.2, -0.15) is 0 Å². The van der Waals surface area contributed by atoms with Crippen molar-refractivity contribution in [3.8, 4) is 28.1 Å². The average molecular weight is 628 g/mol. The summed E-state index contributed by atoms with van der Waals surface area (Å²) in [5.41, 5.74) is 3.38. The number of rotatable bonds is 8. The number of aromatic nitrogens is 1. The molecule has 2 aliphatic rings. The number of carbonyl (C=O) groups excluding carboxylic acids is 1. The van der Waals surface area contributed by atoms with Gasteiger partial charge in [-0.15, -0.1) is 13.2 Å². The lowest BCUT2D eigenvalue weighted by molar-refractivity contribution is -0.274. The number of hydrogen-bond donors (Lipinski definition) is 2. The topological polar surface area (TPSA) is 90.3 Å². The molecule has 2 N–H and O–H groups in total. The van der Waals surface area contributed by atoms with Crippen molar-refractivity contribution in [2.45, 2.75) is 51.7 Å². The highest BCUT2D eigenvalue weighted by molar-refractivity contribution is 5.98. The van der Waals surface area contributed by atoms with Gasteiger partial charge < -0.3 is 29.5 Å². The van der Waals surface area contributed by atoms with Crippen molar-refractivity contribution in [1.29, 1.82) is 0 Å². The van der Waals surface area contributed by atoms with E-state index in [1.165, 1.54) is 23.1 Å². The highest BCUT2D eigenvalue weighted by atomic mass is 19.4. The Bertz CT molecular complexity index is 1520. The van der Waals surface area contributed by atoms with E-state index in [1.807, 2.05) is 49.6 Å². The van der Waals surface area contributed by atoms with Crippen LogP contribution in [0.5, 0.6) is 5.75 Å². The maximum Gasteiger partial charge on any atom is 0.573 e. The molecular formula is C33H40F3N5O4. The average Bonchev–Trinajstić information content (AvgIpc) is 3.36. The molecule has 2 amide bonds. The Balaban J connectivity index is 1.56. The molecule has 0 radical (unpaired) electrons. The summed E-state index contributed by atoms with van der Waals surface area (Å²) in [6, 6.07) is 15.2. The standard InChI is InChI=1S/C33H40F3N5O4/c1-32(2,3)40(31(43)44)13-12-25-20-37-30(42)28-19-27(24-6-5-7-26(18-24)45-33(34,35)36)29(41(25)28)23-10-8-22(9-11-23)21-39-16-14-38(4)15-17-39/h5-11,18-19,25H,12-17,20-21H2,1-4H3,(H,37,42)(H,43,44)/t25-/m0/s1. The monoisotopic (exact) mass is 627 g/mol. The molecule has 0 saturated carbocycles. The van der Waals surface area contributed by atoms with E-state index in [9.17, 15) is 27.9 Å². The Hall–Kier alpha value is -4.03. The molecule has 1 fully saturated rings. The molecule has 0 unspecified atom stereocenters. The number of fused-ring (bicyclic) bond motifs is 1. The van der Waals surface area contributed by atoms with Crippen LogP contribution in [0.3, 0.4) is 0 Å². The summed E-state index contributed by atoms with van der Waals surface area (Å²) < 4.78 is 45.4. The van der Waals surface area contributed by atoms with Crippen LogP contribution in [0.1, 0.15) is 49.3 Å². The van der Waals surface area contributed by atoms with Crippen molar-refractivity contribution in [3.63, 3.8) is 0 Å². The van der Waals surface area contributed by atoms with Crippen molar-refractivity contribution in [1.82, 2.24) is 24.6 Å². The van der Waals surface area contributed by atoms with Crippen LogP contribution in [0.2, 0.25) is 0 Å². The third kappa shape index (κ3) is 7.62. The predicted molar refractivity (Wildman–Crippen MR) is 165 cm³/mol. The molecule has 5 rings (SSSR count). The SMILES string of the molecule is CN1CCN(Cc2ccc(-c3c(-c4cccc(OC(F)(F)F)c4)cc4n3[C@@H](CCN(C(=O)O)C(C)(C)C)CNC4=O)cc2)CC1. The number of ether oxygens (including phenoxy) is 1. The fourth-order valence-corrected chi connectivity index (χ4v) is 6.11. The van der Waals surface area contributed by atoms with Crippen LogP contribution in [0.15, 0.2) is 54.6 Å². The van der Waals surface area contributed by atoms with Crippen molar-refractivity contribution in [2.75, 3.05) is 46.3 Å². The van der Waals surface area contributed by atoms with E-state index in [0.29, 0.717) is 28.9 Å². The zero-order valence-electron chi connectivity index (χ0n) is 26.0. The summed E-state index contributed by atoms with van der Waals surface area (Å²) in [7, 11) is 2.11. The van der Waals surface area contributed by atoms with Crippen molar-refractivity contribution in [2.24, 2.45) is 0 Å². The lowest BCUT2D eigenvalue weighted by Crippen LogP contribution is -2.47. The molecular weight excluding hydrogens is 587 g/mol. The molecule has 3 heterocycles. The van der Waals surface area contributed by atoms with Gasteiger partial charge in [0.2, 0.25) is 0 Å². The van der Waals surface area contributed by atoms with Gasteiger partial charge in [0.25, 0.3) is 5.91 Å². The number of likely N-dealkylation sites (N-methyl/N-ethyl adjacent to an activating group) is 1. The summed E-state index contributed by atoms with van der Waals surface area (Å²) in [5, 5.41) is 12.8. The molecule has 0 aliphatic carbocycles. The summed E-state index contributed by atoms with van der Waals surface area (Å²) >= 11 is 0. The number of piperazine rings is 1. The minimum atomic E-state index is -4.85. The van der Waals surface area contributed by atoms with E-state index in [2.05, 4.69) is 26.9 Å². The van der Waals surface area contributed by atoms with Crippen LogP contribution in [-0.2, 0) is 6.54 Å². The largest absolute Gasteiger partial charge is 0.573 e. The van der Waals surface area contributed by atoms with E-state index >= 15 is 0 Å². The zero-order valence-corrected chi connectivity index (χ0v) is 26.0. The minimum Gasteiger partial charge on any atom is -0.465 e. The van der Waals surface area contributed by atoms with Gasteiger partial charge in [0.1, 0.15) is 11.4 Å². The van der Waals surface area contributed by atoms with Crippen LogP contribution in [0.4, 0.5) is 18.0 Å². The molecule has 9 nitrogen and oxygen atoms in total. The fraction of sp³-hybridized carbons (Fsp3) is 0.455. The number of carboxylic acid groups (broad SMARTS) is 1. The molecule has 2 aliphatic heterocycles. The molecule has 45 heavy (non-hydrogen) atoms. The summed E-state index contributed by atoms with van der Waals surface area (Å²) in [4.78, 5) is 31.3. The highest BCUT2D eigenvalue weighted by Crippen LogP contribution is 2.41. The summed E-state index contributed by atoms with van der Waals surface area (Å²) in [6.07, 6.45) is -5.47. The lowest BCUT2D eigenvalue weighted by Gasteiger charge is -2.36. The minimum absolute atomic E-state index is 0.227. The Labute approximate surface area is 261 Å². The first kappa shape index (κ1) is 32.4. The predicted octanol–water partition coefficient (Wildman–Crippen LogP) is 5.92. The van der Waals surface area contributed by atoms with Crippen LogP contribution >= 0.6 is 0 Å². The number of benzene rings is 2. The Morgan fingerprint density at radius 1 is 1.02 bits per heavy atom. The first-order chi connectivity index (χ1) is 21.2. The van der Waals surface area contributed by atoms with Crippen LogP contribution in [0, 0.1) is 0 Å². The van der Waals surface area contributed by atoms with Gasteiger partial charge in [-0.3, -0.25) is 9.69 Å². The molecule has 1 atom stereocenters. The Kier molecular flexibility index (Phi) is 9.18. The van der Waals surface area contributed by atoms with Gasteiger partial charge in [-0.1, -0.05) is 36.4 Å². The first-order valence-electron chi connectivity index (χ1n) is 15.1. The number of carbonyl (C=O) groups is 2. The van der Waals surface area contributed by atoms with Crippen molar-refractivity contribution >= 4 is 12.0 Å². The Morgan fingerprint density at radius 3 is 2.33 bits per heavy atom. The van der Waals surface area contributed by atoms with Crippen molar-refractivity contribution < 1.29 is 32.6 Å². The number of hydrogen-bond acceptors (Lipinski definition) is 5. The number of nitrogens with one attached hydrogen (secondary N) is 1. The molecule has 1 aromatic heterocycles. The molecule has 1 saturated heterocycles. The fourth-order valence-electron chi connectivity index (χ4n) is 6.11. The second-order valence-electron chi connectivity index (χ2n) is 12.8. The van der Waals surface area contributed by atoms with E-state index in [0.717, 1.165) is 43.9 Å². The quantitative estimate of drug-likeness (QED) is 0.322. The maximum absolute atomic E-state index is 13.2. The maximum atomic E-state index is 13.2. The highest BCUT2D eigenvalue weighted by Gasteiger charge is 2.34. The summed E-state index contributed by atoms with van der Waals surface area (Å²) in [5.74, 6) is -0.667. The third-order valence-electron chi connectivity index (χ3n) is 8.47. The second-order valence-corrected chi connectivity index (χ2v) is 12.8. The zero-order chi connectivity index (χ0) is 32.5. The molecule has 242 valence electrons. The van der Waals surface area contributed by atoms with Crippen LogP contribution in [0.25, 0.3) is 22.4 Å². The van der Waals surface area contributed by atoms with Crippen LogP contribution in [-0.4, -0.2) is 94.6 Å². The lowest BCUT2D eigenvalue weighted by atomic mass is 9.99. The first-order valence-corrected chi connectivity index (χ1v) is 15.1. The van der Waals surface area contributed by atoms with E-state index < -0.39 is 18.0 Å². The molecule has 0 bridgehead atoms. The molecule has 12 heteroatoms. The third-order valence-corrected chi connectivity index (χ3v) is 8.47. The number of amides is 2. The molecule has 0 spiro atoms. The van der Waals surface area contributed by atoms with E-state index in [-0.39, 0.29) is 30.8 Å². The second kappa shape index (κ2) is 12.8. The number of nitrogens with zero attached hydrogens (tertiary/aromatic N) is 4. The van der Waals surface area contributed by atoms with Gasteiger partial charge in [0.05, 0.1) is 11.7 Å². The molecule has 2 aromatic carbocycles. The van der Waals surface area contributed by atoms with Crippen LogP contribution < -0.4 is 10.1 Å². The summed E-state index contributed by atoms with van der Waals surface area (Å²) in [6.45, 7) is 10.8. The van der Waals surface area contributed by atoms with Gasteiger partial charge in [-0.05, 0) is 69.1 Å². The Morgan fingerprint density at radius 2 is 1.71 bits per heavy atom. The van der Waals surface area contributed by atoms with Crippen molar-refractivity contribution in [3.05, 3.63) is 65.9 Å². The molecule has 3 aromatic rings. The van der Waals surface area contributed by atoms with E-state index in [1.54, 1.807) is 12.1 Å². The van der Waals surface area contributed by atoms with Gasteiger partial charge in [0, 0.05) is 56.9 Å². The normalized spacial score (nSPS) is 17.9. The van der Waals surface area contributed by atoms with Gasteiger partial charge >= 0.3 is 12.5 Å².